The van der Waals surface area contributed by atoms with Crippen molar-refractivity contribution in [2.75, 3.05) is 24.5 Å². The van der Waals surface area contributed by atoms with Gasteiger partial charge in [0.1, 0.15) is 11.6 Å². The van der Waals surface area contributed by atoms with Crippen LogP contribution in [0.2, 0.25) is 0 Å². The summed E-state index contributed by atoms with van der Waals surface area (Å²) >= 11 is 0. The fourth-order valence-electron chi connectivity index (χ4n) is 2.47. The number of aromatic hydroxyl groups is 1. The van der Waals surface area contributed by atoms with E-state index in [1.54, 1.807) is 18.2 Å². The highest BCUT2D eigenvalue weighted by Gasteiger charge is 2.19. The van der Waals surface area contributed by atoms with E-state index in [1.165, 1.54) is 10.6 Å². The van der Waals surface area contributed by atoms with E-state index in [1.807, 2.05) is 42.2 Å². The van der Waals surface area contributed by atoms with E-state index in [4.69, 9.17) is 0 Å². The summed E-state index contributed by atoms with van der Waals surface area (Å²) in [5, 5.41) is 20.8. The lowest BCUT2D eigenvalue weighted by Crippen LogP contribution is -2.34. The molecule has 114 valence electrons. The summed E-state index contributed by atoms with van der Waals surface area (Å²) in [6.45, 7) is 3.62. The molecule has 2 N–H and O–H groups in total. The number of hydrogen-bond acceptors (Lipinski definition) is 5. The maximum absolute atomic E-state index is 9.86. The van der Waals surface area contributed by atoms with Crippen molar-refractivity contribution in [2.45, 2.75) is 6.92 Å². The number of anilines is 2. The summed E-state index contributed by atoms with van der Waals surface area (Å²) < 4.78 is 0. The van der Waals surface area contributed by atoms with Crippen LogP contribution >= 0.6 is 0 Å². The molecule has 2 aromatic carbocycles. The molecule has 5 nitrogen and oxygen atoms in total. The van der Waals surface area contributed by atoms with E-state index in [9.17, 15) is 10.3 Å². The maximum Gasteiger partial charge on any atom is 0.143 e. The third-order valence-corrected chi connectivity index (χ3v) is 3.69. The molecule has 1 heterocycles. The van der Waals surface area contributed by atoms with Gasteiger partial charge in [0, 0.05) is 17.4 Å². The number of rotatable bonds is 4. The van der Waals surface area contributed by atoms with Crippen LogP contribution in [-0.2, 0) is 0 Å². The minimum atomic E-state index is 0.212. The molecular weight excluding hydrogens is 278 g/mol. The van der Waals surface area contributed by atoms with Crippen LogP contribution in [-0.4, -0.2) is 40.8 Å². The van der Waals surface area contributed by atoms with Gasteiger partial charge in [-0.25, -0.2) is 5.06 Å². The summed E-state index contributed by atoms with van der Waals surface area (Å²) in [5.74, 6) is 0.841. The van der Waals surface area contributed by atoms with Gasteiger partial charge in [0.25, 0.3) is 0 Å². The van der Waals surface area contributed by atoms with Gasteiger partial charge in [-0.05, 0) is 31.2 Å². The molecule has 0 aliphatic carbocycles. The largest absolute Gasteiger partial charge is 0.508 e. The van der Waals surface area contributed by atoms with Crippen molar-refractivity contribution >= 4 is 17.2 Å². The molecule has 0 saturated heterocycles. The first kappa shape index (κ1) is 14.4. The van der Waals surface area contributed by atoms with E-state index in [0.29, 0.717) is 25.5 Å². The van der Waals surface area contributed by atoms with E-state index >= 15 is 0 Å². The standard InChI is InChI=1S/C17H19N3O2/c1-13-5-7-14(8-6-13)19(12-17-18-9-10-20(17)22)15-3-2-4-16(21)11-15/h2-8,11,21-22H,9-10,12H2,1H3. The summed E-state index contributed by atoms with van der Waals surface area (Å²) in [4.78, 5) is 6.36. The van der Waals surface area contributed by atoms with Crippen LogP contribution in [0, 0.1) is 6.92 Å². The van der Waals surface area contributed by atoms with E-state index in [2.05, 4.69) is 4.99 Å². The zero-order chi connectivity index (χ0) is 15.5. The third-order valence-electron chi connectivity index (χ3n) is 3.69. The van der Waals surface area contributed by atoms with Gasteiger partial charge < -0.3 is 10.0 Å². The molecule has 5 heteroatoms. The van der Waals surface area contributed by atoms with Crippen LogP contribution in [0.25, 0.3) is 0 Å². The van der Waals surface area contributed by atoms with Crippen LogP contribution in [0.1, 0.15) is 5.56 Å². The van der Waals surface area contributed by atoms with E-state index in [0.717, 1.165) is 11.4 Å². The predicted molar refractivity (Wildman–Crippen MR) is 87.1 cm³/mol. The molecule has 3 rings (SSSR count). The second-order valence-corrected chi connectivity index (χ2v) is 5.36. The quantitative estimate of drug-likeness (QED) is 0.911. The van der Waals surface area contributed by atoms with Crippen molar-refractivity contribution in [2.24, 2.45) is 4.99 Å². The zero-order valence-corrected chi connectivity index (χ0v) is 12.5. The van der Waals surface area contributed by atoms with Crippen molar-refractivity contribution in [1.29, 1.82) is 0 Å². The minimum Gasteiger partial charge on any atom is -0.508 e. The Hall–Kier alpha value is -2.53. The maximum atomic E-state index is 9.86. The molecule has 0 saturated carbocycles. The van der Waals surface area contributed by atoms with Crippen molar-refractivity contribution in [1.82, 2.24) is 5.06 Å². The number of hydrogen-bond donors (Lipinski definition) is 2. The Morgan fingerprint density at radius 3 is 2.55 bits per heavy atom. The van der Waals surface area contributed by atoms with Gasteiger partial charge in [-0.15, -0.1) is 0 Å². The number of nitrogens with zero attached hydrogens (tertiary/aromatic N) is 3. The number of phenolic OH excluding ortho intramolecular Hbond substituents is 1. The highest BCUT2D eigenvalue weighted by atomic mass is 16.5. The number of phenols is 1. The Bertz CT molecular complexity index is 683. The molecular formula is C17H19N3O2. The summed E-state index contributed by atoms with van der Waals surface area (Å²) in [6, 6.07) is 15.2. The summed E-state index contributed by atoms with van der Waals surface area (Å²) in [5.41, 5.74) is 3.02. The van der Waals surface area contributed by atoms with Gasteiger partial charge in [-0.1, -0.05) is 23.8 Å². The first-order valence-electron chi connectivity index (χ1n) is 7.26. The van der Waals surface area contributed by atoms with Crippen molar-refractivity contribution in [3.63, 3.8) is 0 Å². The second kappa shape index (κ2) is 6.07. The van der Waals surface area contributed by atoms with Crippen molar-refractivity contribution in [3.05, 3.63) is 54.1 Å². The molecule has 0 amide bonds. The lowest BCUT2D eigenvalue weighted by molar-refractivity contribution is -0.00382. The van der Waals surface area contributed by atoms with Crippen LogP contribution in [0.3, 0.4) is 0 Å². The average molecular weight is 297 g/mol. The Kier molecular flexibility index (Phi) is 3.98. The number of benzene rings is 2. The van der Waals surface area contributed by atoms with Gasteiger partial charge in [-0.3, -0.25) is 10.2 Å². The minimum absolute atomic E-state index is 0.212. The van der Waals surface area contributed by atoms with Crippen LogP contribution in [0.15, 0.2) is 53.5 Å². The molecule has 0 atom stereocenters. The van der Waals surface area contributed by atoms with E-state index in [-0.39, 0.29) is 5.75 Å². The second-order valence-electron chi connectivity index (χ2n) is 5.36. The lowest BCUT2D eigenvalue weighted by Gasteiger charge is -2.26. The Morgan fingerprint density at radius 2 is 1.91 bits per heavy atom. The van der Waals surface area contributed by atoms with Gasteiger partial charge >= 0.3 is 0 Å². The first-order chi connectivity index (χ1) is 10.6. The summed E-state index contributed by atoms with van der Waals surface area (Å²) in [7, 11) is 0. The molecule has 0 fully saturated rings. The third kappa shape index (κ3) is 3.04. The summed E-state index contributed by atoms with van der Waals surface area (Å²) in [6.07, 6.45) is 0. The van der Waals surface area contributed by atoms with Crippen molar-refractivity contribution < 1.29 is 10.3 Å². The molecule has 22 heavy (non-hydrogen) atoms. The predicted octanol–water partition coefficient (Wildman–Crippen LogP) is 2.94. The van der Waals surface area contributed by atoms with Crippen LogP contribution in [0.5, 0.6) is 5.75 Å². The smallest absolute Gasteiger partial charge is 0.143 e. The number of aryl methyl sites for hydroxylation is 1. The molecule has 1 aliphatic rings. The fourth-order valence-corrected chi connectivity index (χ4v) is 2.47. The highest BCUT2D eigenvalue weighted by molar-refractivity contribution is 5.89. The molecule has 0 bridgehead atoms. The fraction of sp³-hybridized carbons (Fsp3) is 0.235. The Morgan fingerprint density at radius 1 is 1.14 bits per heavy atom. The van der Waals surface area contributed by atoms with Gasteiger partial charge in [0.15, 0.2) is 0 Å². The zero-order valence-electron chi connectivity index (χ0n) is 12.5. The molecule has 0 radical (unpaired) electrons. The van der Waals surface area contributed by atoms with Gasteiger partial charge in [0.05, 0.1) is 19.6 Å². The highest BCUT2D eigenvalue weighted by Crippen LogP contribution is 2.28. The monoisotopic (exact) mass is 297 g/mol. The molecule has 0 spiro atoms. The normalized spacial score (nSPS) is 14.1. The number of amidine groups is 1. The van der Waals surface area contributed by atoms with E-state index < -0.39 is 0 Å². The first-order valence-corrected chi connectivity index (χ1v) is 7.26. The van der Waals surface area contributed by atoms with Gasteiger partial charge in [-0.2, -0.15) is 0 Å². The molecule has 0 aromatic heterocycles. The Balaban J connectivity index is 1.96. The SMILES string of the molecule is Cc1ccc(N(CC2=NCCN2O)c2cccc(O)c2)cc1. The van der Waals surface area contributed by atoms with Gasteiger partial charge in [0.2, 0.25) is 0 Å². The average Bonchev–Trinajstić information content (AvgIpc) is 2.91. The topological polar surface area (TPSA) is 59.3 Å². The molecule has 0 unspecified atom stereocenters. The molecule has 2 aromatic rings. The number of aliphatic imine (C=N–C) groups is 1. The molecule has 1 aliphatic heterocycles. The lowest BCUT2D eigenvalue weighted by atomic mass is 10.2. The van der Waals surface area contributed by atoms with Crippen molar-refractivity contribution in [3.8, 4) is 5.75 Å². The van der Waals surface area contributed by atoms with Crippen LogP contribution < -0.4 is 4.90 Å². The Labute approximate surface area is 129 Å². The van der Waals surface area contributed by atoms with Crippen LogP contribution in [0.4, 0.5) is 11.4 Å². The number of hydroxylamine groups is 2.